The molecule has 318 valence electrons. The van der Waals surface area contributed by atoms with Crippen LogP contribution in [0.1, 0.15) is 73.5 Å². The lowest BCUT2D eigenvalue weighted by molar-refractivity contribution is -0.139. The number of nitrogens with zero attached hydrogens (tertiary/aromatic N) is 7. The maximum atomic E-state index is 14.5. The average Bonchev–Trinajstić information content (AvgIpc) is 3.88. The van der Waals surface area contributed by atoms with Gasteiger partial charge in [0, 0.05) is 76.2 Å². The number of pyridine rings is 1. The van der Waals surface area contributed by atoms with E-state index >= 15 is 0 Å². The number of nitrogens with one attached hydrogen (secondary N) is 2. The van der Waals surface area contributed by atoms with E-state index in [2.05, 4.69) is 30.8 Å². The number of amides is 4. The second-order valence-electron chi connectivity index (χ2n) is 15.9. The summed E-state index contributed by atoms with van der Waals surface area (Å²) in [6.45, 7) is 6.53. The van der Waals surface area contributed by atoms with Crippen molar-refractivity contribution in [1.29, 1.82) is 0 Å². The van der Waals surface area contributed by atoms with E-state index in [1.807, 2.05) is 6.20 Å². The summed E-state index contributed by atoms with van der Waals surface area (Å²) in [5, 5.41) is 14.0. The Morgan fingerprint density at radius 1 is 0.966 bits per heavy atom. The normalized spacial score (nSPS) is 22.8. The van der Waals surface area contributed by atoms with Gasteiger partial charge in [-0.2, -0.15) is 13.2 Å². The lowest BCUT2D eigenvalue weighted by Gasteiger charge is -2.40. The molecule has 0 saturated carbocycles. The molecule has 3 saturated heterocycles. The number of benzene rings is 1. The van der Waals surface area contributed by atoms with Crippen LogP contribution in [0.2, 0.25) is 0 Å². The van der Waals surface area contributed by atoms with Gasteiger partial charge >= 0.3 is 6.18 Å². The van der Waals surface area contributed by atoms with Crippen molar-refractivity contribution in [3.8, 4) is 17.1 Å². The molecule has 7 rings (SSSR count). The number of ether oxygens (including phenoxy) is 2. The van der Waals surface area contributed by atoms with Gasteiger partial charge in [-0.1, -0.05) is 23.8 Å². The fourth-order valence-electron chi connectivity index (χ4n) is 8.54. The van der Waals surface area contributed by atoms with E-state index < -0.39 is 29.8 Å². The van der Waals surface area contributed by atoms with Crippen molar-refractivity contribution in [2.24, 2.45) is 11.8 Å². The number of likely N-dealkylation sites (tertiary alicyclic amines) is 1. The molecule has 2 aromatic heterocycles. The Hall–Kier alpha value is -5.10. The van der Waals surface area contributed by atoms with Gasteiger partial charge < -0.3 is 34.8 Å². The maximum absolute atomic E-state index is 14.5. The highest BCUT2D eigenvalue weighted by Gasteiger charge is 2.44. The second kappa shape index (κ2) is 18.9. The predicted octanol–water partition coefficient (Wildman–Crippen LogP) is 3.53. The molecule has 0 spiro atoms. The third kappa shape index (κ3) is 10.9. The molecule has 4 aliphatic heterocycles. The Labute approximate surface area is 341 Å². The van der Waals surface area contributed by atoms with E-state index in [9.17, 15) is 32.3 Å². The first-order chi connectivity index (χ1) is 28.4. The summed E-state index contributed by atoms with van der Waals surface area (Å²) in [5.41, 5.74) is 0.136. The van der Waals surface area contributed by atoms with Gasteiger partial charge in [0.2, 0.25) is 23.6 Å². The van der Waals surface area contributed by atoms with E-state index in [4.69, 9.17) is 9.47 Å². The first-order valence-corrected chi connectivity index (χ1v) is 20.6. The van der Waals surface area contributed by atoms with Crippen molar-refractivity contribution >= 4 is 23.6 Å². The third-order valence-corrected chi connectivity index (χ3v) is 11.7. The van der Waals surface area contributed by atoms with Crippen LogP contribution in [0, 0.1) is 11.8 Å². The van der Waals surface area contributed by atoms with Crippen LogP contribution < -0.4 is 15.4 Å². The summed E-state index contributed by atoms with van der Waals surface area (Å²) >= 11 is 0. The lowest BCUT2D eigenvalue weighted by atomic mass is 9.81. The summed E-state index contributed by atoms with van der Waals surface area (Å²) < 4.78 is 56.4. The molecule has 2 N–H and O–H groups in total. The minimum Gasteiger partial charge on any atom is -0.478 e. The van der Waals surface area contributed by atoms with E-state index in [1.54, 1.807) is 27.8 Å². The quantitative estimate of drug-likeness (QED) is 0.274. The van der Waals surface area contributed by atoms with Gasteiger partial charge in [-0.05, 0) is 68.8 Å². The molecule has 4 atom stereocenters. The standard InChI is InChI=1S/C41H52F3N9O6/c1-27(54)45-10-11-46-37(55)19-28-8-14-51-23-31(28)9-17-58-38-21-32(41(42,43)44)20-35(47-38)29-6-5-7-30(18-29)39(56)53-25-34(22-36(53)40(51)57)59-26-33-24-52(49-48-33)16-15-50-12-3-2-4-13-50/h5-7,18,20-21,24,28,31,34,36H,2-4,8-17,19,22-23,25-26H2,1H3,(H,45,54)(H,46,55)/t28-,31-,34+,36-/m0/s1. The number of halogens is 3. The van der Waals surface area contributed by atoms with E-state index in [-0.39, 0.29) is 104 Å². The molecular weight excluding hydrogens is 772 g/mol. The highest BCUT2D eigenvalue weighted by atomic mass is 19.4. The Morgan fingerprint density at radius 2 is 1.76 bits per heavy atom. The van der Waals surface area contributed by atoms with E-state index in [0.717, 1.165) is 31.8 Å². The molecule has 6 bridgehead atoms. The van der Waals surface area contributed by atoms with Crippen molar-refractivity contribution < 1.29 is 41.8 Å². The Balaban J connectivity index is 1.12. The zero-order valence-corrected chi connectivity index (χ0v) is 33.3. The first kappa shape index (κ1) is 42.0. The van der Waals surface area contributed by atoms with Gasteiger partial charge in [0.25, 0.3) is 5.91 Å². The summed E-state index contributed by atoms with van der Waals surface area (Å²) in [5.74, 6) is -1.77. The fourth-order valence-corrected chi connectivity index (χ4v) is 8.54. The molecule has 18 heteroatoms. The first-order valence-electron chi connectivity index (χ1n) is 20.6. The number of hydrogen-bond donors (Lipinski definition) is 2. The largest absolute Gasteiger partial charge is 0.478 e. The van der Waals surface area contributed by atoms with E-state index in [1.165, 1.54) is 37.2 Å². The zero-order valence-electron chi connectivity index (χ0n) is 33.3. The molecule has 0 unspecified atom stereocenters. The SMILES string of the molecule is CC(=O)NCCNC(=O)C[C@@H]1CCN2C[C@@H]1CCOc1cc(C(F)(F)F)cc(n1)-c1cccc(c1)C(=O)N1C[C@H](OCc3cn(CCN4CCCCC4)nn3)C[C@H]1C2=O. The topological polar surface area (TPSA) is 164 Å². The van der Waals surface area contributed by atoms with Crippen LogP contribution in [0.4, 0.5) is 13.2 Å². The number of fused-ring (bicyclic) bond motifs is 8. The molecule has 4 aliphatic rings. The van der Waals surface area contributed by atoms with Gasteiger partial charge in [-0.25, -0.2) is 4.98 Å². The van der Waals surface area contributed by atoms with Crippen LogP contribution in [0.25, 0.3) is 11.3 Å². The smallest absolute Gasteiger partial charge is 0.416 e. The van der Waals surface area contributed by atoms with Crippen molar-refractivity contribution in [2.45, 2.75) is 83.3 Å². The van der Waals surface area contributed by atoms with Gasteiger partial charge in [0.05, 0.1) is 43.3 Å². The number of alkyl halides is 3. The monoisotopic (exact) mass is 823 g/mol. The van der Waals surface area contributed by atoms with Crippen LogP contribution in [0.5, 0.6) is 5.88 Å². The number of hydrogen-bond acceptors (Lipinski definition) is 10. The van der Waals surface area contributed by atoms with Crippen molar-refractivity contribution in [1.82, 2.24) is 45.3 Å². The molecule has 0 radical (unpaired) electrons. The maximum Gasteiger partial charge on any atom is 0.416 e. The third-order valence-electron chi connectivity index (χ3n) is 11.7. The number of aromatic nitrogens is 4. The van der Waals surface area contributed by atoms with E-state index in [0.29, 0.717) is 31.6 Å². The predicted molar refractivity (Wildman–Crippen MR) is 208 cm³/mol. The van der Waals surface area contributed by atoms with Crippen LogP contribution in [0.15, 0.2) is 42.6 Å². The van der Waals surface area contributed by atoms with Crippen molar-refractivity contribution in [3.63, 3.8) is 0 Å². The summed E-state index contributed by atoms with van der Waals surface area (Å²) in [4.78, 5) is 63.2. The molecule has 59 heavy (non-hydrogen) atoms. The highest BCUT2D eigenvalue weighted by Crippen LogP contribution is 2.36. The Morgan fingerprint density at radius 3 is 2.56 bits per heavy atom. The molecule has 3 aromatic rings. The van der Waals surface area contributed by atoms with Gasteiger partial charge in [0.15, 0.2) is 0 Å². The fraction of sp³-hybridized carbons (Fsp3) is 0.585. The molecule has 3 fully saturated rings. The lowest BCUT2D eigenvalue weighted by Crippen LogP contribution is -2.52. The summed E-state index contributed by atoms with van der Waals surface area (Å²) in [6, 6.07) is 7.12. The van der Waals surface area contributed by atoms with Crippen LogP contribution in [-0.2, 0) is 38.4 Å². The number of piperidine rings is 2. The highest BCUT2D eigenvalue weighted by molar-refractivity contribution is 5.99. The van der Waals surface area contributed by atoms with Crippen LogP contribution in [0.3, 0.4) is 0 Å². The summed E-state index contributed by atoms with van der Waals surface area (Å²) in [7, 11) is 0. The minimum atomic E-state index is -4.69. The summed E-state index contributed by atoms with van der Waals surface area (Å²) in [6.07, 6.45) is 1.53. The second-order valence-corrected chi connectivity index (χ2v) is 15.9. The van der Waals surface area contributed by atoms with Crippen LogP contribution >= 0.6 is 0 Å². The number of rotatable bonds is 11. The number of carbonyl (C=O) groups excluding carboxylic acids is 4. The Kier molecular flexibility index (Phi) is 13.4. The van der Waals surface area contributed by atoms with Gasteiger partial charge in [0.1, 0.15) is 11.7 Å². The zero-order chi connectivity index (χ0) is 41.5. The molecule has 4 amide bonds. The van der Waals surface area contributed by atoms with Gasteiger partial charge in [-0.15, -0.1) is 5.10 Å². The minimum absolute atomic E-state index is 0.00599. The molecule has 1 aromatic carbocycles. The number of carbonyl (C=O) groups is 4. The molecular formula is C41H52F3N9O6. The molecule has 6 heterocycles. The Bertz CT molecular complexity index is 1970. The molecule has 15 nitrogen and oxygen atoms in total. The van der Waals surface area contributed by atoms with Gasteiger partial charge in [-0.3, -0.25) is 23.9 Å². The van der Waals surface area contributed by atoms with Crippen molar-refractivity contribution in [3.05, 3.63) is 59.4 Å². The average molecular weight is 824 g/mol. The van der Waals surface area contributed by atoms with Crippen LogP contribution in [-0.4, -0.2) is 129 Å². The molecule has 0 aliphatic carbocycles. The van der Waals surface area contributed by atoms with Crippen molar-refractivity contribution in [2.75, 3.05) is 59.0 Å².